The number of carbonyl (C=O) groups excluding carboxylic acids is 1. The monoisotopic (exact) mass is 284 g/mol. The number of nitrogens with two attached hydrogens (primary N) is 1. The van der Waals surface area contributed by atoms with Gasteiger partial charge in [-0.25, -0.2) is 0 Å². The lowest BCUT2D eigenvalue weighted by molar-refractivity contribution is 0.0993. The molecule has 0 fully saturated rings. The van der Waals surface area contributed by atoms with Crippen molar-refractivity contribution in [1.29, 1.82) is 0 Å². The van der Waals surface area contributed by atoms with Crippen LogP contribution in [0.25, 0.3) is 0 Å². The number of amides is 1. The zero-order valence-corrected chi connectivity index (χ0v) is 12.4. The molecule has 4 heteroatoms. The van der Waals surface area contributed by atoms with Gasteiger partial charge in [0.05, 0.1) is 7.11 Å². The lowest BCUT2D eigenvalue weighted by Crippen LogP contribution is -2.26. The summed E-state index contributed by atoms with van der Waals surface area (Å²) in [7, 11) is 3.36. The van der Waals surface area contributed by atoms with Gasteiger partial charge in [0.25, 0.3) is 5.91 Å². The second kappa shape index (κ2) is 6.90. The number of carbonyl (C=O) groups is 1. The number of anilines is 1. The number of rotatable bonds is 5. The molecule has 0 saturated carbocycles. The Kier molecular flexibility index (Phi) is 4.95. The minimum Gasteiger partial charge on any atom is -0.497 e. The first-order valence-electron chi connectivity index (χ1n) is 6.87. The highest BCUT2D eigenvalue weighted by Crippen LogP contribution is 2.21. The first kappa shape index (κ1) is 15.1. The predicted octanol–water partition coefficient (Wildman–Crippen LogP) is 2.47. The lowest BCUT2D eigenvalue weighted by Gasteiger charge is -2.18. The average molecular weight is 284 g/mol. The van der Waals surface area contributed by atoms with Crippen LogP contribution in [0.3, 0.4) is 0 Å². The number of ether oxygens (including phenoxy) is 1. The van der Waals surface area contributed by atoms with E-state index >= 15 is 0 Å². The van der Waals surface area contributed by atoms with Crippen LogP contribution >= 0.6 is 0 Å². The Labute approximate surface area is 125 Å². The van der Waals surface area contributed by atoms with Crippen LogP contribution in [0.4, 0.5) is 5.69 Å². The molecule has 1 amide bonds. The standard InChI is InChI=1S/C17H20N2O2/c1-19(15-4-3-5-16(12-15)21-2)17(20)14-8-6-13(7-9-14)10-11-18/h3-9,12H,10-11,18H2,1-2H3. The van der Waals surface area contributed by atoms with E-state index in [1.807, 2.05) is 48.5 Å². The van der Waals surface area contributed by atoms with Gasteiger partial charge in [0.15, 0.2) is 0 Å². The van der Waals surface area contributed by atoms with Crippen LogP contribution in [0, 0.1) is 0 Å². The van der Waals surface area contributed by atoms with Gasteiger partial charge in [-0.05, 0) is 42.8 Å². The molecule has 0 aliphatic rings. The van der Waals surface area contributed by atoms with Crippen molar-refractivity contribution in [3.05, 3.63) is 59.7 Å². The molecule has 2 aromatic carbocycles. The van der Waals surface area contributed by atoms with Gasteiger partial charge < -0.3 is 15.4 Å². The molecule has 0 unspecified atom stereocenters. The summed E-state index contributed by atoms with van der Waals surface area (Å²) in [5, 5.41) is 0. The van der Waals surface area contributed by atoms with E-state index in [1.54, 1.807) is 19.1 Å². The smallest absolute Gasteiger partial charge is 0.258 e. The highest BCUT2D eigenvalue weighted by Gasteiger charge is 2.13. The van der Waals surface area contributed by atoms with Gasteiger partial charge in [0, 0.05) is 24.4 Å². The zero-order valence-electron chi connectivity index (χ0n) is 12.4. The van der Waals surface area contributed by atoms with E-state index in [0.717, 1.165) is 23.4 Å². The number of benzene rings is 2. The summed E-state index contributed by atoms with van der Waals surface area (Å²) in [6, 6.07) is 15.0. The van der Waals surface area contributed by atoms with E-state index in [-0.39, 0.29) is 5.91 Å². The molecule has 0 radical (unpaired) electrons. The molecule has 0 spiro atoms. The molecule has 110 valence electrons. The summed E-state index contributed by atoms with van der Waals surface area (Å²) >= 11 is 0. The molecule has 0 atom stereocenters. The maximum absolute atomic E-state index is 12.5. The van der Waals surface area contributed by atoms with Gasteiger partial charge in [-0.1, -0.05) is 18.2 Å². The minimum atomic E-state index is -0.0532. The third-order valence-corrected chi connectivity index (χ3v) is 3.38. The number of hydrogen-bond acceptors (Lipinski definition) is 3. The van der Waals surface area contributed by atoms with Crippen molar-refractivity contribution in [2.24, 2.45) is 5.73 Å². The van der Waals surface area contributed by atoms with Crippen molar-refractivity contribution in [3.8, 4) is 5.75 Å². The van der Waals surface area contributed by atoms with Gasteiger partial charge in [-0.2, -0.15) is 0 Å². The highest BCUT2D eigenvalue weighted by atomic mass is 16.5. The van der Waals surface area contributed by atoms with Gasteiger partial charge in [-0.3, -0.25) is 4.79 Å². The largest absolute Gasteiger partial charge is 0.497 e. The van der Waals surface area contributed by atoms with Crippen LogP contribution in [-0.2, 0) is 6.42 Å². The Bertz CT molecular complexity index is 608. The zero-order chi connectivity index (χ0) is 15.2. The second-order valence-electron chi connectivity index (χ2n) is 4.80. The molecule has 0 aliphatic carbocycles. The van der Waals surface area contributed by atoms with Gasteiger partial charge >= 0.3 is 0 Å². The number of hydrogen-bond donors (Lipinski definition) is 1. The fourth-order valence-electron chi connectivity index (χ4n) is 2.11. The molecule has 0 aliphatic heterocycles. The van der Waals surface area contributed by atoms with Crippen LogP contribution in [0.1, 0.15) is 15.9 Å². The fourth-order valence-corrected chi connectivity index (χ4v) is 2.11. The molecule has 0 heterocycles. The maximum atomic E-state index is 12.5. The molecule has 4 nitrogen and oxygen atoms in total. The Balaban J connectivity index is 2.17. The summed E-state index contributed by atoms with van der Waals surface area (Å²) in [5.41, 5.74) is 8.11. The Hall–Kier alpha value is -2.33. The fraction of sp³-hybridized carbons (Fsp3) is 0.235. The van der Waals surface area contributed by atoms with Crippen LogP contribution in [-0.4, -0.2) is 26.6 Å². The van der Waals surface area contributed by atoms with Gasteiger partial charge in [0.1, 0.15) is 5.75 Å². The van der Waals surface area contributed by atoms with E-state index in [0.29, 0.717) is 12.1 Å². The molecule has 0 aromatic heterocycles. The quantitative estimate of drug-likeness (QED) is 0.917. The van der Waals surface area contributed by atoms with Gasteiger partial charge in [-0.15, -0.1) is 0 Å². The van der Waals surface area contributed by atoms with Crippen molar-refractivity contribution in [2.45, 2.75) is 6.42 Å². The summed E-state index contributed by atoms with van der Waals surface area (Å²) in [6.45, 7) is 0.608. The SMILES string of the molecule is COc1cccc(N(C)C(=O)c2ccc(CCN)cc2)c1. The highest BCUT2D eigenvalue weighted by molar-refractivity contribution is 6.05. The van der Waals surface area contributed by atoms with Crippen LogP contribution in [0.15, 0.2) is 48.5 Å². The van der Waals surface area contributed by atoms with Crippen molar-refractivity contribution >= 4 is 11.6 Å². The normalized spacial score (nSPS) is 10.2. The molecule has 2 rings (SSSR count). The molecule has 21 heavy (non-hydrogen) atoms. The van der Waals surface area contributed by atoms with Crippen molar-refractivity contribution in [2.75, 3.05) is 25.6 Å². The van der Waals surface area contributed by atoms with E-state index in [2.05, 4.69) is 0 Å². The first-order valence-corrected chi connectivity index (χ1v) is 6.87. The molecular weight excluding hydrogens is 264 g/mol. The minimum absolute atomic E-state index is 0.0532. The third-order valence-electron chi connectivity index (χ3n) is 3.38. The molecule has 0 saturated heterocycles. The van der Waals surface area contributed by atoms with Crippen molar-refractivity contribution in [3.63, 3.8) is 0 Å². The second-order valence-corrected chi connectivity index (χ2v) is 4.80. The molecule has 2 N–H and O–H groups in total. The van der Waals surface area contributed by atoms with Crippen LogP contribution in [0.2, 0.25) is 0 Å². The van der Waals surface area contributed by atoms with E-state index in [1.165, 1.54) is 0 Å². The average Bonchev–Trinajstić information content (AvgIpc) is 2.54. The van der Waals surface area contributed by atoms with E-state index in [4.69, 9.17) is 10.5 Å². The Morgan fingerprint density at radius 3 is 2.52 bits per heavy atom. The topological polar surface area (TPSA) is 55.6 Å². The summed E-state index contributed by atoms with van der Waals surface area (Å²) in [4.78, 5) is 14.1. The summed E-state index contributed by atoms with van der Waals surface area (Å²) < 4.78 is 5.18. The Morgan fingerprint density at radius 2 is 1.90 bits per heavy atom. The van der Waals surface area contributed by atoms with Crippen molar-refractivity contribution < 1.29 is 9.53 Å². The van der Waals surface area contributed by atoms with Crippen molar-refractivity contribution in [1.82, 2.24) is 0 Å². The van der Waals surface area contributed by atoms with Crippen LogP contribution in [0.5, 0.6) is 5.75 Å². The molecular formula is C17H20N2O2. The van der Waals surface area contributed by atoms with Crippen LogP contribution < -0.4 is 15.4 Å². The van der Waals surface area contributed by atoms with E-state index in [9.17, 15) is 4.79 Å². The summed E-state index contributed by atoms with van der Waals surface area (Å²) in [6.07, 6.45) is 0.820. The third kappa shape index (κ3) is 3.61. The number of nitrogens with zero attached hydrogens (tertiary/aromatic N) is 1. The lowest BCUT2D eigenvalue weighted by atomic mass is 10.1. The maximum Gasteiger partial charge on any atom is 0.258 e. The number of methoxy groups -OCH3 is 1. The summed E-state index contributed by atoms with van der Waals surface area (Å²) in [5.74, 6) is 0.674. The molecule has 0 bridgehead atoms. The Morgan fingerprint density at radius 1 is 1.19 bits per heavy atom. The van der Waals surface area contributed by atoms with E-state index < -0.39 is 0 Å². The molecule has 2 aromatic rings. The first-order chi connectivity index (χ1) is 10.2. The predicted molar refractivity (Wildman–Crippen MR) is 84.9 cm³/mol. The van der Waals surface area contributed by atoms with Gasteiger partial charge in [0.2, 0.25) is 0 Å².